The lowest BCUT2D eigenvalue weighted by atomic mass is 10.1. The molecule has 112 valence electrons. The van der Waals surface area contributed by atoms with Gasteiger partial charge in [0.1, 0.15) is 11.5 Å². The van der Waals surface area contributed by atoms with E-state index in [9.17, 15) is 14.0 Å². The van der Waals surface area contributed by atoms with Crippen LogP contribution in [-0.4, -0.2) is 42.5 Å². The van der Waals surface area contributed by atoms with Gasteiger partial charge in [0.25, 0.3) is 5.91 Å². The molecule has 0 aliphatic carbocycles. The Kier molecular flexibility index (Phi) is 4.26. The summed E-state index contributed by atoms with van der Waals surface area (Å²) >= 11 is 0. The Morgan fingerprint density at radius 2 is 2.10 bits per heavy atom. The van der Waals surface area contributed by atoms with E-state index in [1.54, 1.807) is 26.1 Å². The fourth-order valence-electron chi connectivity index (χ4n) is 2.19. The Morgan fingerprint density at radius 3 is 2.76 bits per heavy atom. The third-order valence-electron chi connectivity index (χ3n) is 3.31. The van der Waals surface area contributed by atoms with Crippen LogP contribution in [0.2, 0.25) is 0 Å². The Morgan fingerprint density at radius 1 is 1.38 bits per heavy atom. The first kappa shape index (κ1) is 15.0. The van der Waals surface area contributed by atoms with Crippen LogP contribution in [0.3, 0.4) is 0 Å². The summed E-state index contributed by atoms with van der Waals surface area (Å²) in [4.78, 5) is 28.0. The number of amides is 1. The molecule has 6 heteroatoms. The zero-order valence-electron chi connectivity index (χ0n) is 12.1. The third-order valence-corrected chi connectivity index (χ3v) is 3.31. The maximum Gasteiger partial charge on any atom is 0.310 e. The molecule has 1 N–H and O–H groups in total. The molecule has 0 bridgehead atoms. The number of carbonyl (C=O) groups excluding carboxylic acids is 2. The number of esters is 1. The van der Waals surface area contributed by atoms with Crippen molar-refractivity contribution < 1.29 is 18.7 Å². The van der Waals surface area contributed by atoms with Crippen LogP contribution >= 0.6 is 0 Å². The Hall–Kier alpha value is -2.37. The number of hydrogen-bond donors (Lipinski definition) is 1. The Bertz CT molecular complexity index is 681. The van der Waals surface area contributed by atoms with Crippen LogP contribution in [0, 0.1) is 11.7 Å². The van der Waals surface area contributed by atoms with Crippen molar-refractivity contribution in [3.63, 3.8) is 0 Å². The molecule has 2 aromatic rings. The molecule has 1 aromatic heterocycles. The third kappa shape index (κ3) is 3.21. The summed E-state index contributed by atoms with van der Waals surface area (Å²) in [5.41, 5.74) is 1.05. The van der Waals surface area contributed by atoms with Crippen LogP contribution in [0.5, 0.6) is 0 Å². The predicted molar refractivity (Wildman–Crippen MR) is 76.4 cm³/mol. The maximum atomic E-state index is 13.1. The summed E-state index contributed by atoms with van der Waals surface area (Å²) in [5.74, 6) is -1.39. The number of H-pyrrole nitrogens is 1. The van der Waals surface area contributed by atoms with E-state index in [0.717, 1.165) is 0 Å². The first-order valence-electron chi connectivity index (χ1n) is 6.54. The van der Waals surface area contributed by atoms with E-state index in [-0.39, 0.29) is 24.2 Å². The predicted octanol–water partition coefficient (Wildman–Crippen LogP) is 2.19. The quantitative estimate of drug-likeness (QED) is 0.879. The number of benzene rings is 1. The van der Waals surface area contributed by atoms with Gasteiger partial charge in [0, 0.05) is 24.5 Å². The molecule has 0 radical (unpaired) electrons. The molecule has 21 heavy (non-hydrogen) atoms. The molecular formula is C15H17FN2O3. The molecule has 0 spiro atoms. The van der Waals surface area contributed by atoms with Crippen molar-refractivity contribution in [2.45, 2.75) is 6.92 Å². The molecular weight excluding hydrogens is 275 g/mol. The van der Waals surface area contributed by atoms with Gasteiger partial charge in [-0.25, -0.2) is 4.39 Å². The number of rotatable bonds is 4. The summed E-state index contributed by atoms with van der Waals surface area (Å²) in [7, 11) is 2.92. The molecule has 1 heterocycles. The van der Waals surface area contributed by atoms with Gasteiger partial charge in [-0.3, -0.25) is 9.59 Å². The SMILES string of the molecule is COC(=O)C(C)CN(C)C(=O)c1cc2cc(F)ccc2[nH]1. The van der Waals surface area contributed by atoms with Gasteiger partial charge < -0.3 is 14.6 Å². The highest BCUT2D eigenvalue weighted by molar-refractivity contribution is 5.98. The van der Waals surface area contributed by atoms with Crippen molar-refractivity contribution in [3.05, 3.63) is 35.8 Å². The number of nitrogens with zero attached hydrogens (tertiary/aromatic N) is 1. The number of carbonyl (C=O) groups is 2. The molecule has 2 rings (SSSR count). The second-order valence-electron chi connectivity index (χ2n) is 5.02. The number of halogens is 1. The maximum absolute atomic E-state index is 13.1. The van der Waals surface area contributed by atoms with Gasteiger partial charge in [-0.15, -0.1) is 0 Å². The van der Waals surface area contributed by atoms with Crippen molar-refractivity contribution in [1.82, 2.24) is 9.88 Å². The highest BCUT2D eigenvalue weighted by Gasteiger charge is 2.20. The van der Waals surface area contributed by atoms with Crippen molar-refractivity contribution in [3.8, 4) is 0 Å². The second-order valence-corrected chi connectivity index (χ2v) is 5.02. The molecule has 0 saturated heterocycles. The average Bonchev–Trinajstić information content (AvgIpc) is 2.88. The van der Waals surface area contributed by atoms with E-state index in [4.69, 9.17) is 0 Å². The van der Waals surface area contributed by atoms with Crippen LogP contribution in [0.4, 0.5) is 4.39 Å². The first-order chi connectivity index (χ1) is 9.92. The van der Waals surface area contributed by atoms with Gasteiger partial charge in [0.2, 0.25) is 0 Å². The van der Waals surface area contributed by atoms with Gasteiger partial charge in [-0.2, -0.15) is 0 Å². The second kappa shape index (κ2) is 5.95. The Balaban J connectivity index is 2.15. The summed E-state index contributed by atoms with van der Waals surface area (Å²) in [6.07, 6.45) is 0. The molecule has 1 amide bonds. The minimum Gasteiger partial charge on any atom is -0.469 e. The minimum atomic E-state index is -0.411. The van der Waals surface area contributed by atoms with Gasteiger partial charge in [0.05, 0.1) is 13.0 Å². The topological polar surface area (TPSA) is 62.4 Å². The van der Waals surface area contributed by atoms with Crippen LogP contribution in [0.15, 0.2) is 24.3 Å². The summed E-state index contributed by atoms with van der Waals surface area (Å²) < 4.78 is 17.8. The summed E-state index contributed by atoms with van der Waals surface area (Å²) in [6.45, 7) is 1.94. The minimum absolute atomic E-state index is 0.245. The lowest BCUT2D eigenvalue weighted by Gasteiger charge is -2.19. The number of hydrogen-bond acceptors (Lipinski definition) is 3. The fourth-order valence-corrected chi connectivity index (χ4v) is 2.19. The van der Waals surface area contributed by atoms with Crippen molar-refractivity contribution >= 4 is 22.8 Å². The molecule has 0 aliphatic rings. The zero-order chi connectivity index (χ0) is 15.6. The number of aromatic amines is 1. The first-order valence-corrected chi connectivity index (χ1v) is 6.54. The van der Waals surface area contributed by atoms with Gasteiger partial charge in [-0.05, 0) is 24.3 Å². The number of aromatic nitrogens is 1. The molecule has 5 nitrogen and oxygen atoms in total. The van der Waals surface area contributed by atoms with E-state index in [2.05, 4.69) is 9.72 Å². The standard InChI is InChI=1S/C15H17FN2O3/c1-9(15(20)21-3)8-18(2)14(19)13-7-10-6-11(16)4-5-12(10)17-13/h4-7,9,17H,8H2,1-3H3. The highest BCUT2D eigenvalue weighted by Crippen LogP contribution is 2.18. The number of nitrogens with one attached hydrogen (secondary N) is 1. The monoisotopic (exact) mass is 292 g/mol. The van der Waals surface area contributed by atoms with Gasteiger partial charge in [0.15, 0.2) is 0 Å². The van der Waals surface area contributed by atoms with Crippen LogP contribution in [-0.2, 0) is 9.53 Å². The van der Waals surface area contributed by atoms with E-state index in [1.165, 1.54) is 24.1 Å². The lowest BCUT2D eigenvalue weighted by Crippen LogP contribution is -2.34. The van der Waals surface area contributed by atoms with Gasteiger partial charge >= 0.3 is 5.97 Å². The van der Waals surface area contributed by atoms with E-state index in [1.807, 2.05) is 0 Å². The van der Waals surface area contributed by atoms with Crippen LogP contribution in [0.25, 0.3) is 10.9 Å². The molecule has 1 atom stereocenters. The number of methoxy groups -OCH3 is 1. The van der Waals surface area contributed by atoms with E-state index in [0.29, 0.717) is 16.6 Å². The molecule has 0 fully saturated rings. The molecule has 0 saturated carbocycles. The van der Waals surface area contributed by atoms with Gasteiger partial charge in [-0.1, -0.05) is 6.92 Å². The van der Waals surface area contributed by atoms with E-state index >= 15 is 0 Å². The van der Waals surface area contributed by atoms with Crippen molar-refractivity contribution in [1.29, 1.82) is 0 Å². The summed E-state index contributed by atoms with van der Waals surface area (Å²) in [5, 5.41) is 0.632. The lowest BCUT2D eigenvalue weighted by molar-refractivity contribution is -0.145. The molecule has 0 aliphatic heterocycles. The smallest absolute Gasteiger partial charge is 0.310 e. The van der Waals surface area contributed by atoms with E-state index < -0.39 is 5.92 Å². The number of fused-ring (bicyclic) bond motifs is 1. The summed E-state index contributed by atoms with van der Waals surface area (Å²) in [6, 6.07) is 5.87. The Labute approximate surface area is 121 Å². The zero-order valence-corrected chi connectivity index (χ0v) is 12.1. The highest BCUT2D eigenvalue weighted by atomic mass is 19.1. The average molecular weight is 292 g/mol. The fraction of sp³-hybridized carbons (Fsp3) is 0.333. The van der Waals surface area contributed by atoms with Crippen LogP contribution < -0.4 is 0 Å². The normalized spacial score (nSPS) is 12.2. The van der Waals surface area contributed by atoms with Crippen molar-refractivity contribution in [2.75, 3.05) is 20.7 Å². The number of ether oxygens (including phenoxy) is 1. The van der Waals surface area contributed by atoms with Crippen molar-refractivity contribution in [2.24, 2.45) is 5.92 Å². The molecule has 1 unspecified atom stereocenters. The largest absolute Gasteiger partial charge is 0.469 e. The molecule has 1 aromatic carbocycles. The van der Waals surface area contributed by atoms with Crippen LogP contribution in [0.1, 0.15) is 17.4 Å².